The number of ether oxygens (including phenoxy) is 1. The molecule has 2 aromatic heterocycles. The second-order valence-corrected chi connectivity index (χ2v) is 13.2. The Morgan fingerprint density at radius 3 is 2.44 bits per heavy atom. The van der Waals surface area contributed by atoms with E-state index < -0.39 is 6.04 Å². The number of thiazole rings is 1. The highest BCUT2D eigenvalue weighted by molar-refractivity contribution is 7.07. The molecule has 0 aliphatic carbocycles. The normalized spacial score (nSPS) is 14.8. The predicted molar refractivity (Wildman–Crippen MR) is 195 cm³/mol. The van der Waals surface area contributed by atoms with Gasteiger partial charge in [0.25, 0.3) is 11.5 Å². The van der Waals surface area contributed by atoms with Crippen molar-refractivity contribution < 1.29 is 9.53 Å². The van der Waals surface area contributed by atoms with Gasteiger partial charge in [0.1, 0.15) is 11.8 Å². The van der Waals surface area contributed by atoms with E-state index in [0.29, 0.717) is 51.0 Å². The predicted octanol–water partition coefficient (Wildman–Crippen LogP) is 6.92. The number of nitrogens with zero attached hydrogens (tertiary/aromatic N) is 4. The quantitative estimate of drug-likeness (QED) is 0.176. The third-order valence-electron chi connectivity index (χ3n) is 9.13. The van der Waals surface area contributed by atoms with E-state index in [9.17, 15) is 9.59 Å². The zero-order valence-corrected chi connectivity index (χ0v) is 28.8. The first kappa shape index (κ1) is 31.7. The Labute approximate surface area is 287 Å². The number of aromatic nitrogens is 2. The third-order valence-corrected chi connectivity index (χ3v) is 10.5. The molecule has 242 valence electrons. The van der Waals surface area contributed by atoms with Gasteiger partial charge in [0, 0.05) is 52.9 Å². The number of para-hydroxylation sites is 1. The molecule has 0 bridgehead atoms. The number of likely N-dealkylation sites (N-methyl/N-ethyl adjacent to an activating group) is 1. The summed E-state index contributed by atoms with van der Waals surface area (Å²) in [5.74, 6) is 0.466. The molecule has 0 fully saturated rings. The van der Waals surface area contributed by atoms with Crippen LogP contribution in [0.4, 0.5) is 0 Å². The van der Waals surface area contributed by atoms with Crippen LogP contribution in [0, 0.1) is 0 Å². The second-order valence-electron chi connectivity index (χ2n) is 11.8. The number of hydrogen-bond donors (Lipinski definition) is 0. The van der Waals surface area contributed by atoms with Crippen LogP contribution in [0.15, 0.2) is 112 Å². The minimum atomic E-state index is -0.737. The summed E-state index contributed by atoms with van der Waals surface area (Å²) in [4.78, 5) is 36.2. The first-order valence-corrected chi connectivity index (χ1v) is 17.2. The number of allylic oxidation sites excluding steroid dienone is 1. The first-order chi connectivity index (χ1) is 23.3. The van der Waals surface area contributed by atoms with E-state index in [2.05, 4.69) is 22.9 Å². The number of methoxy groups -OCH3 is 1. The molecule has 1 amide bonds. The molecule has 6 aromatic rings. The Kier molecular flexibility index (Phi) is 8.54. The molecule has 7 rings (SSSR count). The smallest absolute Gasteiger partial charge is 0.271 e. The van der Waals surface area contributed by atoms with Gasteiger partial charge in [-0.25, -0.2) is 4.99 Å². The monoisotopic (exact) mass is 674 g/mol. The van der Waals surface area contributed by atoms with E-state index in [4.69, 9.17) is 21.3 Å². The van der Waals surface area contributed by atoms with Gasteiger partial charge in [0.15, 0.2) is 4.80 Å². The summed E-state index contributed by atoms with van der Waals surface area (Å²) in [6.07, 6.45) is 4.01. The highest BCUT2D eigenvalue weighted by atomic mass is 35.5. The lowest BCUT2D eigenvalue weighted by Crippen LogP contribution is -2.43. The van der Waals surface area contributed by atoms with Gasteiger partial charge in [-0.1, -0.05) is 89.7 Å². The molecule has 0 saturated carbocycles. The summed E-state index contributed by atoms with van der Waals surface area (Å²) in [6, 6.07) is 27.2. The molecule has 1 aliphatic heterocycles. The van der Waals surface area contributed by atoms with Crippen molar-refractivity contribution >= 4 is 56.6 Å². The lowest BCUT2D eigenvalue weighted by Gasteiger charge is -2.30. The average molecular weight is 675 g/mol. The lowest BCUT2D eigenvalue weighted by molar-refractivity contribution is -0.127. The van der Waals surface area contributed by atoms with Crippen molar-refractivity contribution in [3.05, 3.63) is 144 Å². The Bertz CT molecular complexity index is 2430. The van der Waals surface area contributed by atoms with Crippen molar-refractivity contribution in [1.82, 2.24) is 14.0 Å². The van der Waals surface area contributed by atoms with Crippen molar-refractivity contribution in [2.75, 3.05) is 20.2 Å². The maximum absolute atomic E-state index is 14.7. The van der Waals surface area contributed by atoms with E-state index in [1.54, 1.807) is 16.6 Å². The van der Waals surface area contributed by atoms with Gasteiger partial charge in [-0.05, 0) is 61.4 Å². The number of hydrogen-bond acceptors (Lipinski definition) is 5. The minimum absolute atomic E-state index is 0.141. The number of fused-ring (bicyclic) bond motifs is 3. The van der Waals surface area contributed by atoms with Gasteiger partial charge in [-0.3, -0.25) is 14.2 Å². The standard InChI is InChI=1S/C39H35ClN4O3S/c1-5-42(6-2)38(46)34-24(3)41-39-44(36(34)35-29-16-9-7-13-25(29)19-20-32(35)47-4)37(45)33(48-39)21-27-23-43(31-18-12-10-15-28(27)31)22-26-14-8-11-17-30(26)40/h7-21,23,36H,5-6,22H2,1-4H3/b33-21+/t36-/m0/s1. The maximum Gasteiger partial charge on any atom is 0.271 e. The largest absolute Gasteiger partial charge is 0.496 e. The summed E-state index contributed by atoms with van der Waals surface area (Å²) in [6.45, 7) is 7.44. The van der Waals surface area contributed by atoms with Crippen molar-refractivity contribution in [3.8, 4) is 5.75 Å². The molecule has 0 N–H and O–H groups in total. The third kappa shape index (κ3) is 5.35. The molecular formula is C39H35ClN4O3S. The topological polar surface area (TPSA) is 68.8 Å². The summed E-state index contributed by atoms with van der Waals surface area (Å²) in [5.41, 5.74) is 4.59. The zero-order valence-electron chi connectivity index (χ0n) is 27.2. The Hall–Kier alpha value is -4.92. The molecule has 4 aromatic carbocycles. The number of carbonyl (C=O) groups is 1. The van der Waals surface area contributed by atoms with Crippen LogP contribution in [0.2, 0.25) is 5.02 Å². The number of benzene rings is 4. The summed E-state index contributed by atoms with van der Waals surface area (Å²) in [5, 5.41) is 3.64. The zero-order chi connectivity index (χ0) is 33.5. The maximum atomic E-state index is 14.7. The van der Waals surface area contributed by atoms with E-state index in [-0.39, 0.29) is 11.5 Å². The van der Waals surface area contributed by atoms with Crippen molar-refractivity contribution in [2.24, 2.45) is 4.99 Å². The Morgan fingerprint density at radius 1 is 0.979 bits per heavy atom. The molecule has 0 radical (unpaired) electrons. The van der Waals surface area contributed by atoms with Crippen molar-refractivity contribution in [3.63, 3.8) is 0 Å². The molecule has 48 heavy (non-hydrogen) atoms. The van der Waals surface area contributed by atoms with Crippen LogP contribution in [0.5, 0.6) is 5.75 Å². The van der Waals surface area contributed by atoms with E-state index >= 15 is 0 Å². The molecule has 1 aliphatic rings. The molecule has 0 spiro atoms. The van der Waals surface area contributed by atoms with Gasteiger partial charge in [-0.2, -0.15) is 0 Å². The summed E-state index contributed by atoms with van der Waals surface area (Å²) in [7, 11) is 1.62. The van der Waals surface area contributed by atoms with Crippen molar-refractivity contribution in [1.29, 1.82) is 0 Å². The Balaban J connectivity index is 1.47. The highest BCUT2D eigenvalue weighted by Crippen LogP contribution is 2.40. The van der Waals surface area contributed by atoms with Crippen LogP contribution in [0.25, 0.3) is 27.8 Å². The van der Waals surface area contributed by atoms with Gasteiger partial charge >= 0.3 is 0 Å². The molecule has 3 heterocycles. The molecule has 9 heteroatoms. The fourth-order valence-corrected chi connectivity index (χ4v) is 7.99. The number of rotatable bonds is 8. The molecular weight excluding hydrogens is 640 g/mol. The van der Waals surface area contributed by atoms with E-state index in [1.807, 2.05) is 99.6 Å². The molecule has 1 atom stereocenters. The number of halogens is 1. The van der Waals surface area contributed by atoms with E-state index in [1.165, 1.54) is 11.3 Å². The van der Waals surface area contributed by atoms with Crippen LogP contribution in [-0.2, 0) is 11.3 Å². The van der Waals surface area contributed by atoms with Gasteiger partial charge in [0.2, 0.25) is 0 Å². The van der Waals surface area contributed by atoms with Crippen LogP contribution < -0.4 is 19.6 Å². The van der Waals surface area contributed by atoms with E-state index in [0.717, 1.165) is 38.4 Å². The number of carbonyl (C=O) groups excluding carboxylic acids is 1. The molecule has 7 nitrogen and oxygen atoms in total. The molecule has 0 unspecified atom stereocenters. The highest BCUT2D eigenvalue weighted by Gasteiger charge is 2.36. The lowest BCUT2D eigenvalue weighted by atomic mass is 9.90. The SMILES string of the molecule is CCN(CC)C(=O)C1=C(C)N=c2s/c(=C/c3cn(Cc4ccccc4Cl)c4ccccc34)c(=O)n2[C@@H]1c1c(OC)ccc2ccccc12. The minimum Gasteiger partial charge on any atom is -0.496 e. The number of amides is 1. The van der Waals surface area contributed by atoms with Crippen LogP contribution >= 0.6 is 22.9 Å². The first-order valence-electron chi connectivity index (χ1n) is 16.0. The molecule has 0 saturated heterocycles. The van der Waals surface area contributed by atoms with Crippen LogP contribution in [-0.4, -0.2) is 40.1 Å². The summed E-state index contributed by atoms with van der Waals surface area (Å²) < 4.78 is 10.3. The van der Waals surface area contributed by atoms with Gasteiger partial charge < -0.3 is 14.2 Å². The Morgan fingerprint density at radius 2 is 1.69 bits per heavy atom. The van der Waals surface area contributed by atoms with Gasteiger partial charge in [-0.15, -0.1) is 0 Å². The fraction of sp³-hybridized carbons (Fsp3) is 0.205. The summed E-state index contributed by atoms with van der Waals surface area (Å²) >= 11 is 7.87. The fourth-order valence-electron chi connectivity index (χ4n) is 6.76. The van der Waals surface area contributed by atoms with Crippen LogP contribution in [0.1, 0.15) is 43.5 Å². The second kappa shape index (κ2) is 12.9. The average Bonchev–Trinajstić information content (AvgIpc) is 3.60. The van der Waals surface area contributed by atoms with Crippen LogP contribution in [0.3, 0.4) is 0 Å². The van der Waals surface area contributed by atoms with Crippen molar-refractivity contribution in [2.45, 2.75) is 33.4 Å². The van der Waals surface area contributed by atoms with Gasteiger partial charge in [0.05, 0.1) is 22.9 Å².